The molecule has 0 saturated heterocycles. The fraction of sp³-hybridized carbons (Fsp3) is 0.158. The van der Waals surface area contributed by atoms with Crippen LogP contribution in [0.5, 0.6) is 5.75 Å². The Labute approximate surface area is 147 Å². The van der Waals surface area contributed by atoms with Gasteiger partial charge in [-0.05, 0) is 42.8 Å². The Balaban J connectivity index is 1.66. The summed E-state index contributed by atoms with van der Waals surface area (Å²) in [6.45, 7) is 2.53. The summed E-state index contributed by atoms with van der Waals surface area (Å²) in [5.74, 6) is 0.659. The standard InChI is InChI=1S/C19H16N2O3S/c1-11-21-16-6-3-13(8-18(16)25-11)20-10-12-7-19(22)24-17-9-14(23-2)4-5-15(12)17/h3-9,20H,10H2,1-2H3. The first kappa shape index (κ1) is 15.7. The lowest BCUT2D eigenvalue weighted by atomic mass is 10.1. The topological polar surface area (TPSA) is 64.4 Å². The van der Waals surface area contributed by atoms with Crippen molar-refractivity contribution in [3.8, 4) is 5.75 Å². The van der Waals surface area contributed by atoms with Crippen molar-refractivity contribution in [3.63, 3.8) is 0 Å². The Morgan fingerprint density at radius 3 is 2.92 bits per heavy atom. The van der Waals surface area contributed by atoms with Gasteiger partial charge in [0.25, 0.3) is 0 Å². The van der Waals surface area contributed by atoms with Gasteiger partial charge in [0.2, 0.25) is 0 Å². The number of hydrogen-bond acceptors (Lipinski definition) is 6. The maximum Gasteiger partial charge on any atom is 0.336 e. The van der Waals surface area contributed by atoms with Crippen LogP contribution in [0.1, 0.15) is 10.6 Å². The maximum atomic E-state index is 11.9. The number of ether oxygens (including phenoxy) is 1. The molecule has 6 heteroatoms. The average Bonchev–Trinajstić information content (AvgIpc) is 2.98. The minimum Gasteiger partial charge on any atom is -0.497 e. The number of nitrogens with one attached hydrogen (secondary N) is 1. The molecule has 5 nitrogen and oxygen atoms in total. The van der Waals surface area contributed by atoms with Crippen LogP contribution in [0.15, 0.2) is 51.7 Å². The third kappa shape index (κ3) is 3.08. The number of anilines is 1. The van der Waals surface area contributed by atoms with E-state index in [1.54, 1.807) is 24.5 Å². The van der Waals surface area contributed by atoms with Crippen molar-refractivity contribution in [2.45, 2.75) is 13.5 Å². The van der Waals surface area contributed by atoms with E-state index in [4.69, 9.17) is 9.15 Å². The summed E-state index contributed by atoms with van der Waals surface area (Å²) in [6, 6.07) is 13.1. The molecule has 0 aliphatic rings. The van der Waals surface area contributed by atoms with Crippen molar-refractivity contribution in [1.82, 2.24) is 4.98 Å². The van der Waals surface area contributed by atoms with E-state index in [9.17, 15) is 4.79 Å². The van der Waals surface area contributed by atoms with Gasteiger partial charge in [-0.15, -0.1) is 11.3 Å². The van der Waals surface area contributed by atoms with E-state index in [0.29, 0.717) is 17.9 Å². The zero-order valence-corrected chi connectivity index (χ0v) is 14.6. The molecule has 1 N–H and O–H groups in total. The van der Waals surface area contributed by atoms with Crippen molar-refractivity contribution < 1.29 is 9.15 Å². The molecule has 2 heterocycles. The summed E-state index contributed by atoms with van der Waals surface area (Å²) >= 11 is 1.67. The molecule has 0 atom stereocenters. The normalized spacial score (nSPS) is 11.1. The number of aryl methyl sites for hydroxylation is 1. The second kappa shape index (κ2) is 6.22. The molecular formula is C19H16N2O3S. The van der Waals surface area contributed by atoms with Crippen LogP contribution in [0.4, 0.5) is 5.69 Å². The zero-order chi connectivity index (χ0) is 17.4. The van der Waals surface area contributed by atoms with Gasteiger partial charge in [0, 0.05) is 29.8 Å². The third-order valence-electron chi connectivity index (χ3n) is 4.02. The number of aromatic nitrogens is 1. The SMILES string of the molecule is COc1ccc2c(CNc3ccc4nc(C)sc4c3)cc(=O)oc2c1. The van der Waals surface area contributed by atoms with Crippen molar-refractivity contribution in [3.05, 3.63) is 63.5 Å². The molecule has 0 spiro atoms. The molecule has 0 aliphatic heterocycles. The van der Waals surface area contributed by atoms with E-state index in [1.807, 2.05) is 31.2 Å². The number of methoxy groups -OCH3 is 1. The van der Waals surface area contributed by atoms with Crippen LogP contribution in [0.3, 0.4) is 0 Å². The summed E-state index contributed by atoms with van der Waals surface area (Å²) in [6.07, 6.45) is 0. The molecule has 4 aromatic rings. The van der Waals surface area contributed by atoms with Gasteiger partial charge in [-0.1, -0.05) is 0 Å². The lowest BCUT2D eigenvalue weighted by molar-refractivity contribution is 0.414. The second-order valence-electron chi connectivity index (χ2n) is 5.72. The smallest absolute Gasteiger partial charge is 0.336 e. The predicted molar refractivity (Wildman–Crippen MR) is 101 cm³/mol. The highest BCUT2D eigenvalue weighted by atomic mass is 32.1. The molecule has 4 rings (SSSR count). The van der Waals surface area contributed by atoms with E-state index in [2.05, 4.69) is 16.4 Å². The van der Waals surface area contributed by atoms with Gasteiger partial charge in [0.1, 0.15) is 11.3 Å². The van der Waals surface area contributed by atoms with Gasteiger partial charge in [-0.2, -0.15) is 0 Å². The third-order valence-corrected chi connectivity index (χ3v) is 4.95. The molecule has 0 radical (unpaired) electrons. The van der Waals surface area contributed by atoms with Crippen molar-refractivity contribution in [1.29, 1.82) is 0 Å². The van der Waals surface area contributed by atoms with Crippen LogP contribution in [-0.4, -0.2) is 12.1 Å². The lowest BCUT2D eigenvalue weighted by Crippen LogP contribution is -2.05. The molecule has 126 valence electrons. The molecule has 0 aliphatic carbocycles. The van der Waals surface area contributed by atoms with Gasteiger partial charge in [0.15, 0.2) is 0 Å². The first-order valence-corrected chi connectivity index (χ1v) is 8.66. The highest BCUT2D eigenvalue weighted by molar-refractivity contribution is 7.18. The Hall–Kier alpha value is -2.86. The van der Waals surface area contributed by atoms with Crippen LogP contribution in [0.25, 0.3) is 21.2 Å². The molecule has 0 unspecified atom stereocenters. The largest absolute Gasteiger partial charge is 0.497 e. The molecule has 2 aromatic heterocycles. The zero-order valence-electron chi connectivity index (χ0n) is 13.8. The Morgan fingerprint density at radius 2 is 2.08 bits per heavy atom. The lowest BCUT2D eigenvalue weighted by Gasteiger charge is -2.09. The quantitative estimate of drug-likeness (QED) is 0.554. The molecule has 0 amide bonds. The number of rotatable bonds is 4. The Bertz CT molecular complexity index is 1130. The minimum absolute atomic E-state index is 0.369. The van der Waals surface area contributed by atoms with E-state index in [-0.39, 0.29) is 5.63 Å². The summed E-state index contributed by atoms with van der Waals surface area (Å²) in [5.41, 5.74) is 3.04. The van der Waals surface area contributed by atoms with E-state index >= 15 is 0 Å². The number of fused-ring (bicyclic) bond motifs is 2. The van der Waals surface area contributed by atoms with Gasteiger partial charge >= 0.3 is 5.63 Å². The molecule has 2 aromatic carbocycles. The van der Waals surface area contributed by atoms with Crippen LogP contribution in [-0.2, 0) is 6.54 Å². The van der Waals surface area contributed by atoms with E-state index < -0.39 is 0 Å². The summed E-state index contributed by atoms with van der Waals surface area (Å²) < 4.78 is 11.6. The minimum atomic E-state index is -0.369. The predicted octanol–water partition coefficient (Wildman–Crippen LogP) is 4.33. The van der Waals surface area contributed by atoms with Gasteiger partial charge < -0.3 is 14.5 Å². The second-order valence-corrected chi connectivity index (χ2v) is 6.96. The average molecular weight is 352 g/mol. The van der Waals surface area contributed by atoms with Gasteiger partial charge in [-0.25, -0.2) is 9.78 Å². The number of benzene rings is 2. The van der Waals surface area contributed by atoms with E-state index in [0.717, 1.165) is 31.9 Å². The first-order valence-electron chi connectivity index (χ1n) is 7.84. The van der Waals surface area contributed by atoms with Crippen LogP contribution >= 0.6 is 11.3 Å². The van der Waals surface area contributed by atoms with Gasteiger partial charge in [-0.3, -0.25) is 0 Å². The maximum absolute atomic E-state index is 11.9. The highest BCUT2D eigenvalue weighted by Gasteiger charge is 2.08. The number of hydrogen-bond donors (Lipinski definition) is 1. The van der Waals surface area contributed by atoms with E-state index in [1.165, 1.54) is 6.07 Å². The summed E-state index contributed by atoms with van der Waals surface area (Å²) in [4.78, 5) is 16.3. The number of nitrogens with zero attached hydrogens (tertiary/aromatic N) is 1. The molecule has 0 fully saturated rings. The molecule has 0 saturated carbocycles. The van der Waals surface area contributed by atoms with Crippen LogP contribution in [0.2, 0.25) is 0 Å². The molecular weight excluding hydrogens is 336 g/mol. The summed E-state index contributed by atoms with van der Waals surface area (Å²) in [5, 5.41) is 5.32. The monoisotopic (exact) mass is 352 g/mol. The first-order chi connectivity index (χ1) is 12.1. The number of thiazole rings is 1. The highest BCUT2D eigenvalue weighted by Crippen LogP contribution is 2.26. The van der Waals surface area contributed by atoms with Crippen LogP contribution < -0.4 is 15.7 Å². The van der Waals surface area contributed by atoms with Crippen LogP contribution in [0, 0.1) is 6.92 Å². The van der Waals surface area contributed by atoms with Crippen molar-refractivity contribution in [2.24, 2.45) is 0 Å². The Kier molecular flexibility index (Phi) is 3.89. The fourth-order valence-electron chi connectivity index (χ4n) is 2.83. The van der Waals surface area contributed by atoms with Crippen molar-refractivity contribution >= 4 is 38.2 Å². The van der Waals surface area contributed by atoms with Crippen molar-refractivity contribution in [2.75, 3.05) is 12.4 Å². The summed E-state index contributed by atoms with van der Waals surface area (Å²) in [7, 11) is 1.59. The van der Waals surface area contributed by atoms with Gasteiger partial charge in [0.05, 0.1) is 22.3 Å². The molecule has 0 bridgehead atoms. The fourth-order valence-corrected chi connectivity index (χ4v) is 3.70. The molecule has 25 heavy (non-hydrogen) atoms. The Morgan fingerprint density at radius 1 is 1.20 bits per heavy atom.